The van der Waals surface area contributed by atoms with Gasteiger partial charge in [-0.3, -0.25) is 4.79 Å². The van der Waals surface area contributed by atoms with Gasteiger partial charge in [0.1, 0.15) is 12.2 Å². The van der Waals surface area contributed by atoms with Crippen LogP contribution >= 0.6 is 0 Å². The van der Waals surface area contributed by atoms with Crippen molar-refractivity contribution in [2.24, 2.45) is 0 Å². The highest BCUT2D eigenvalue weighted by molar-refractivity contribution is 5.93. The van der Waals surface area contributed by atoms with E-state index >= 15 is 0 Å². The molecule has 3 atom stereocenters. The molecule has 4 rings (SSSR count). The van der Waals surface area contributed by atoms with Crippen molar-refractivity contribution in [1.82, 2.24) is 9.88 Å². The Bertz CT molecular complexity index is 616. The SMILES string of the molecule is O=C(C1=CCCCC1)N1CC[C@@H](Oc2ccccn2)[C@H]2OCC[C@@H]21. The van der Waals surface area contributed by atoms with Crippen molar-refractivity contribution < 1.29 is 14.3 Å². The Kier molecular flexibility index (Phi) is 4.52. The quantitative estimate of drug-likeness (QED) is 0.856. The van der Waals surface area contributed by atoms with Crippen LogP contribution in [0, 0.1) is 0 Å². The summed E-state index contributed by atoms with van der Waals surface area (Å²) in [6.45, 7) is 1.43. The molecule has 0 radical (unpaired) electrons. The molecule has 1 amide bonds. The third-order valence-electron chi connectivity index (χ3n) is 5.26. The van der Waals surface area contributed by atoms with Gasteiger partial charge < -0.3 is 14.4 Å². The molecule has 0 bridgehead atoms. The van der Waals surface area contributed by atoms with Crippen molar-refractivity contribution in [3.05, 3.63) is 36.0 Å². The molecule has 2 fully saturated rings. The molecule has 3 aliphatic rings. The number of fused-ring (bicyclic) bond motifs is 1. The van der Waals surface area contributed by atoms with E-state index in [2.05, 4.69) is 11.1 Å². The third-order valence-corrected chi connectivity index (χ3v) is 5.26. The Morgan fingerprint density at radius 3 is 3.04 bits per heavy atom. The Morgan fingerprint density at radius 2 is 2.25 bits per heavy atom. The van der Waals surface area contributed by atoms with Gasteiger partial charge in [0.15, 0.2) is 0 Å². The van der Waals surface area contributed by atoms with Crippen LogP contribution in [0.1, 0.15) is 38.5 Å². The van der Waals surface area contributed by atoms with Gasteiger partial charge in [0.2, 0.25) is 11.8 Å². The van der Waals surface area contributed by atoms with Crippen LogP contribution in [0.3, 0.4) is 0 Å². The van der Waals surface area contributed by atoms with E-state index in [4.69, 9.17) is 9.47 Å². The van der Waals surface area contributed by atoms with E-state index in [9.17, 15) is 4.79 Å². The molecule has 128 valence electrons. The van der Waals surface area contributed by atoms with Crippen LogP contribution in [0.4, 0.5) is 0 Å². The van der Waals surface area contributed by atoms with Crippen LogP contribution in [-0.2, 0) is 9.53 Å². The predicted octanol–water partition coefficient (Wildman–Crippen LogP) is 2.72. The second-order valence-electron chi connectivity index (χ2n) is 6.78. The van der Waals surface area contributed by atoms with Crippen molar-refractivity contribution in [1.29, 1.82) is 0 Å². The van der Waals surface area contributed by atoms with Gasteiger partial charge in [-0.2, -0.15) is 0 Å². The number of aromatic nitrogens is 1. The topological polar surface area (TPSA) is 51.7 Å². The fourth-order valence-electron chi connectivity index (χ4n) is 4.05. The minimum atomic E-state index is -0.0473. The summed E-state index contributed by atoms with van der Waals surface area (Å²) in [6, 6.07) is 5.79. The van der Waals surface area contributed by atoms with Crippen molar-refractivity contribution in [2.45, 2.75) is 56.8 Å². The molecule has 1 aliphatic carbocycles. The lowest BCUT2D eigenvalue weighted by Crippen LogP contribution is -2.56. The minimum absolute atomic E-state index is 0.0308. The number of carbonyl (C=O) groups is 1. The molecule has 1 aromatic heterocycles. The number of pyridine rings is 1. The lowest BCUT2D eigenvalue weighted by molar-refractivity contribution is -0.136. The van der Waals surface area contributed by atoms with E-state index in [-0.39, 0.29) is 24.2 Å². The Balaban J connectivity index is 1.47. The van der Waals surface area contributed by atoms with E-state index < -0.39 is 0 Å². The molecule has 0 spiro atoms. The molecule has 24 heavy (non-hydrogen) atoms. The number of hydrogen-bond acceptors (Lipinski definition) is 4. The van der Waals surface area contributed by atoms with Crippen molar-refractivity contribution in [2.75, 3.05) is 13.2 Å². The number of hydrogen-bond donors (Lipinski definition) is 0. The average molecular weight is 328 g/mol. The highest BCUT2D eigenvalue weighted by atomic mass is 16.5. The summed E-state index contributed by atoms with van der Waals surface area (Å²) in [5.41, 5.74) is 0.996. The number of allylic oxidation sites excluding steroid dienone is 1. The summed E-state index contributed by atoms with van der Waals surface area (Å²) < 4.78 is 12.0. The summed E-state index contributed by atoms with van der Waals surface area (Å²) in [4.78, 5) is 19.2. The molecular formula is C19H24N2O3. The van der Waals surface area contributed by atoms with Crippen LogP contribution in [0.15, 0.2) is 36.0 Å². The highest BCUT2D eigenvalue weighted by Crippen LogP contribution is 2.33. The molecule has 2 aliphatic heterocycles. The summed E-state index contributed by atoms with van der Waals surface area (Å²) in [7, 11) is 0. The molecule has 0 unspecified atom stereocenters. The van der Waals surface area contributed by atoms with Gasteiger partial charge in [-0.1, -0.05) is 12.1 Å². The molecule has 3 heterocycles. The molecular weight excluding hydrogens is 304 g/mol. The van der Waals surface area contributed by atoms with Crippen molar-refractivity contribution in [3.8, 4) is 5.88 Å². The number of amides is 1. The summed E-state index contributed by atoms with van der Waals surface area (Å²) in [6.07, 6.45) is 9.75. The predicted molar refractivity (Wildman–Crippen MR) is 89.7 cm³/mol. The van der Waals surface area contributed by atoms with Gasteiger partial charge in [0, 0.05) is 37.4 Å². The number of rotatable bonds is 3. The first-order chi connectivity index (χ1) is 11.8. The molecule has 0 N–H and O–H groups in total. The monoisotopic (exact) mass is 328 g/mol. The lowest BCUT2D eigenvalue weighted by Gasteiger charge is -2.41. The number of likely N-dealkylation sites (tertiary alicyclic amines) is 1. The zero-order chi connectivity index (χ0) is 16.4. The normalized spacial score (nSPS) is 29.8. The number of piperidine rings is 1. The lowest BCUT2D eigenvalue weighted by atomic mass is 9.92. The van der Waals surface area contributed by atoms with Gasteiger partial charge in [0.25, 0.3) is 0 Å². The fourth-order valence-corrected chi connectivity index (χ4v) is 4.05. The maximum atomic E-state index is 12.9. The Hall–Kier alpha value is -1.88. The molecule has 5 heteroatoms. The van der Waals surface area contributed by atoms with Gasteiger partial charge in [0.05, 0.1) is 6.04 Å². The summed E-state index contributed by atoms with van der Waals surface area (Å²) >= 11 is 0. The van der Waals surface area contributed by atoms with E-state index in [0.29, 0.717) is 12.5 Å². The minimum Gasteiger partial charge on any atom is -0.471 e. The number of nitrogens with zero attached hydrogens (tertiary/aromatic N) is 2. The standard InChI is InChI=1S/C19H24N2O3/c22-19(14-6-2-1-3-7-14)21-12-9-16(18-15(21)10-13-23-18)24-17-8-4-5-11-20-17/h4-6,8,11,15-16,18H,1-3,7,9-10,12-13H2/t15-,16+,18-/m0/s1. The van der Waals surface area contributed by atoms with Gasteiger partial charge >= 0.3 is 0 Å². The summed E-state index contributed by atoms with van der Waals surface area (Å²) in [5.74, 6) is 0.845. The summed E-state index contributed by atoms with van der Waals surface area (Å²) in [5, 5.41) is 0. The van der Waals surface area contributed by atoms with Crippen molar-refractivity contribution >= 4 is 5.91 Å². The maximum absolute atomic E-state index is 12.9. The Morgan fingerprint density at radius 1 is 1.29 bits per heavy atom. The first kappa shape index (κ1) is 15.6. The van der Waals surface area contributed by atoms with Crippen LogP contribution in [0.5, 0.6) is 5.88 Å². The van der Waals surface area contributed by atoms with Gasteiger partial charge in [-0.15, -0.1) is 0 Å². The molecule has 0 saturated carbocycles. The smallest absolute Gasteiger partial charge is 0.249 e. The maximum Gasteiger partial charge on any atom is 0.249 e. The van der Waals surface area contributed by atoms with E-state index in [0.717, 1.165) is 44.2 Å². The fraction of sp³-hybridized carbons (Fsp3) is 0.579. The second kappa shape index (κ2) is 6.93. The molecule has 1 aromatic rings. The van der Waals surface area contributed by atoms with E-state index in [1.165, 1.54) is 6.42 Å². The Labute approximate surface area is 142 Å². The number of ether oxygens (including phenoxy) is 2. The van der Waals surface area contributed by atoms with Crippen LogP contribution in [0.25, 0.3) is 0 Å². The van der Waals surface area contributed by atoms with E-state index in [1.54, 1.807) is 6.20 Å². The largest absolute Gasteiger partial charge is 0.471 e. The molecule has 5 nitrogen and oxygen atoms in total. The van der Waals surface area contributed by atoms with Gasteiger partial charge in [-0.05, 0) is 38.2 Å². The number of carbonyl (C=O) groups excluding carboxylic acids is 1. The first-order valence-electron chi connectivity index (χ1n) is 9.02. The molecule has 2 saturated heterocycles. The van der Waals surface area contributed by atoms with Crippen molar-refractivity contribution in [3.63, 3.8) is 0 Å². The van der Waals surface area contributed by atoms with Crippen LogP contribution in [0.2, 0.25) is 0 Å². The van der Waals surface area contributed by atoms with Gasteiger partial charge in [-0.25, -0.2) is 4.98 Å². The second-order valence-corrected chi connectivity index (χ2v) is 6.78. The average Bonchev–Trinajstić information content (AvgIpc) is 3.13. The molecule has 0 aromatic carbocycles. The van der Waals surface area contributed by atoms with Crippen LogP contribution in [-0.4, -0.2) is 47.2 Å². The first-order valence-corrected chi connectivity index (χ1v) is 9.02. The van der Waals surface area contributed by atoms with Crippen LogP contribution < -0.4 is 4.74 Å². The zero-order valence-corrected chi connectivity index (χ0v) is 13.9. The highest BCUT2D eigenvalue weighted by Gasteiger charge is 2.45. The zero-order valence-electron chi connectivity index (χ0n) is 13.9. The van der Waals surface area contributed by atoms with E-state index in [1.807, 2.05) is 23.1 Å². The third kappa shape index (κ3) is 3.05.